The Balaban J connectivity index is 3.81. The number of likely N-dealkylation sites (N-methyl/N-ethyl adjacent to an activating group) is 1. The maximum absolute atomic E-state index is 11.2. The third-order valence-electron chi connectivity index (χ3n) is 1.44. The minimum Gasteiger partial charge on any atom is -0.395 e. The number of amides is 1. The second-order valence-electron chi connectivity index (χ2n) is 2.36. The van der Waals surface area contributed by atoms with Crippen LogP contribution in [0.15, 0.2) is 0 Å². The molecule has 0 radical (unpaired) electrons. The Morgan fingerprint density at radius 2 is 2.27 bits per heavy atom. The van der Waals surface area contributed by atoms with Gasteiger partial charge in [-0.1, -0.05) is 22.9 Å². The lowest BCUT2D eigenvalue weighted by Gasteiger charge is -2.18. The Hall–Kier alpha value is -0.0900. The highest BCUT2D eigenvalue weighted by molar-refractivity contribution is 9.10. The van der Waals surface area contributed by atoms with Crippen LogP contribution in [-0.4, -0.2) is 40.9 Å². The molecule has 0 fully saturated rings. The van der Waals surface area contributed by atoms with Crippen LogP contribution < -0.4 is 0 Å². The van der Waals surface area contributed by atoms with Gasteiger partial charge in [0.05, 0.1) is 11.4 Å². The molecule has 1 atom stereocenters. The molecule has 11 heavy (non-hydrogen) atoms. The normalized spacial score (nSPS) is 12.7. The molecule has 0 aliphatic heterocycles. The molecule has 1 unspecified atom stereocenters. The molecule has 0 aromatic rings. The number of rotatable bonds is 4. The van der Waals surface area contributed by atoms with Crippen molar-refractivity contribution in [3.8, 4) is 0 Å². The molecule has 1 N–H and O–H groups in total. The summed E-state index contributed by atoms with van der Waals surface area (Å²) in [5.74, 6) is 0.0292. The van der Waals surface area contributed by atoms with Crippen molar-refractivity contribution in [3.63, 3.8) is 0 Å². The van der Waals surface area contributed by atoms with Crippen molar-refractivity contribution in [2.75, 3.05) is 20.2 Å². The number of aliphatic hydroxyl groups excluding tert-OH is 1. The quantitative estimate of drug-likeness (QED) is 0.711. The first-order valence-electron chi connectivity index (χ1n) is 3.63. The van der Waals surface area contributed by atoms with E-state index in [0.717, 1.165) is 6.42 Å². The van der Waals surface area contributed by atoms with E-state index in [1.165, 1.54) is 4.90 Å². The van der Waals surface area contributed by atoms with Gasteiger partial charge in [0.15, 0.2) is 0 Å². The van der Waals surface area contributed by atoms with Gasteiger partial charge in [0, 0.05) is 13.6 Å². The fourth-order valence-electron chi connectivity index (χ4n) is 0.674. The minimum absolute atomic E-state index is 0.0195. The Morgan fingerprint density at radius 1 is 1.73 bits per heavy atom. The van der Waals surface area contributed by atoms with Gasteiger partial charge in [0.25, 0.3) is 0 Å². The lowest BCUT2D eigenvalue weighted by molar-refractivity contribution is -0.129. The fourth-order valence-corrected chi connectivity index (χ4v) is 1.02. The number of carbonyl (C=O) groups is 1. The second-order valence-corrected chi connectivity index (χ2v) is 3.46. The molecule has 66 valence electrons. The fraction of sp³-hybridized carbons (Fsp3) is 0.857. The standard InChI is InChI=1S/C7H14BrNO2/c1-3-6(8)7(11)9(2)4-5-10/h6,10H,3-5H2,1-2H3. The van der Waals surface area contributed by atoms with Gasteiger partial charge in [-0.15, -0.1) is 0 Å². The number of nitrogens with zero attached hydrogens (tertiary/aromatic N) is 1. The smallest absolute Gasteiger partial charge is 0.236 e. The van der Waals surface area contributed by atoms with E-state index in [1.54, 1.807) is 7.05 Å². The number of aliphatic hydroxyl groups is 1. The van der Waals surface area contributed by atoms with Crippen LogP contribution in [0.5, 0.6) is 0 Å². The molecule has 0 aromatic carbocycles. The van der Waals surface area contributed by atoms with Gasteiger partial charge in [-0.3, -0.25) is 4.79 Å². The number of carbonyl (C=O) groups excluding carboxylic acids is 1. The van der Waals surface area contributed by atoms with Crippen molar-refractivity contribution in [3.05, 3.63) is 0 Å². The van der Waals surface area contributed by atoms with Crippen molar-refractivity contribution in [1.82, 2.24) is 4.90 Å². The molecule has 0 spiro atoms. The largest absolute Gasteiger partial charge is 0.395 e. The first-order chi connectivity index (χ1) is 5.13. The van der Waals surface area contributed by atoms with Crippen molar-refractivity contribution >= 4 is 21.8 Å². The molecule has 1 amide bonds. The van der Waals surface area contributed by atoms with Crippen LogP contribution in [0.25, 0.3) is 0 Å². The Kier molecular flexibility index (Phi) is 5.50. The van der Waals surface area contributed by atoms with E-state index in [1.807, 2.05) is 6.92 Å². The highest BCUT2D eigenvalue weighted by atomic mass is 79.9. The van der Waals surface area contributed by atoms with Gasteiger partial charge < -0.3 is 10.0 Å². The second kappa shape index (κ2) is 5.55. The van der Waals surface area contributed by atoms with Crippen LogP contribution in [0.3, 0.4) is 0 Å². The average molecular weight is 224 g/mol. The first-order valence-corrected chi connectivity index (χ1v) is 4.55. The predicted octanol–water partition coefficient (Wildman–Crippen LogP) is 0.611. The van der Waals surface area contributed by atoms with E-state index in [9.17, 15) is 4.79 Å². The topological polar surface area (TPSA) is 40.5 Å². The molecular formula is C7H14BrNO2. The van der Waals surface area contributed by atoms with Crippen molar-refractivity contribution < 1.29 is 9.90 Å². The summed E-state index contributed by atoms with van der Waals surface area (Å²) in [4.78, 5) is 12.6. The van der Waals surface area contributed by atoms with E-state index in [0.29, 0.717) is 6.54 Å². The summed E-state index contributed by atoms with van der Waals surface area (Å²) in [5.41, 5.74) is 0. The first kappa shape index (κ1) is 10.9. The van der Waals surface area contributed by atoms with E-state index in [-0.39, 0.29) is 17.3 Å². The molecule has 0 saturated heterocycles. The Bertz CT molecular complexity index is 130. The molecule has 0 aliphatic carbocycles. The van der Waals surface area contributed by atoms with Crippen molar-refractivity contribution in [1.29, 1.82) is 0 Å². The molecule has 0 aromatic heterocycles. The van der Waals surface area contributed by atoms with Crippen molar-refractivity contribution in [2.24, 2.45) is 0 Å². The van der Waals surface area contributed by atoms with Gasteiger partial charge >= 0.3 is 0 Å². The summed E-state index contributed by atoms with van der Waals surface area (Å²) in [5, 5.41) is 8.53. The average Bonchev–Trinajstić information content (AvgIpc) is 2.02. The molecule has 0 bridgehead atoms. The molecule has 3 nitrogen and oxygen atoms in total. The summed E-state index contributed by atoms with van der Waals surface area (Å²) >= 11 is 3.24. The molecule has 4 heteroatoms. The number of alkyl halides is 1. The zero-order valence-corrected chi connectivity index (χ0v) is 8.47. The van der Waals surface area contributed by atoms with Gasteiger partial charge in [-0.05, 0) is 6.42 Å². The van der Waals surface area contributed by atoms with Crippen LogP contribution >= 0.6 is 15.9 Å². The number of hydrogen-bond acceptors (Lipinski definition) is 2. The SMILES string of the molecule is CCC(Br)C(=O)N(C)CCO. The molecule has 0 rings (SSSR count). The third-order valence-corrected chi connectivity index (χ3v) is 2.48. The lowest BCUT2D eigenvalue weighted by Crippen LogP contribution is -2.34. The van der Waals surface area contributed by atoms with Gasteiger partial charge in [0.2, 0.25) is 5.91 Å². The van der Waals surface area contributed by atoms with E-state index in [2.05, 4.69) is 15.9 Å². The van der Waals surface area contributed by atoms with Gasteiger partial charge in [-0.25, -0.2) is 0 Å². The Morgan fingerprint density at radius 3 is 2.64 bits per heavy atom. The van der Waals surface area contributed by atoms with Crippen LogP contribution in [0.1, 0.15) is 13.3 Å². The lowest BCUT2D eigenvalue weighted by atomic mass is 10.3. The molecular weight excluding hydrogens is 210 g/mol. The van der Waals surface area contributed by atoms with E-state index >= 15 is 0 Å². The van der Waals surface area contributed by atoms with Gasteiger partial charge in [-0.2, -0.15) is 0 Å². The summed E-state index contributed by atoms with van der Waals surface area (Å²) in [6.45, 7) is 2.36. The predicted molar refractivity (Wildman–Crippen MR) is 47.7 cm³/mol. The van der Waals surface area contributed by atoms with E-state index < -0.39 is 0 Å². The van der Waals surface area contributed by atoms with Crippen LogP contribution in [0, 0.1) is 0 Å². The zero-order valence-electron chi connectivity index (χ0n) is 6.88. The molecule has 0 aliphatic rings. The van der Waals surface area contributed by atoms with E-state index in [4.69, 9.17) is 5.11 Å². The maximum Gasteiger partial charge on any atom is 0.236 e. The molecule has 0 heterocycles. The highest BCUT2D eigenvalue weighted by Gasteiger charge is 2.15. The summed E-state index contributed by atoms with van der Waals surface area (Å²) in [6, 6.07) is 0. The van der Waals surface area contributed by atoms with Crippen LogP contribution in [-0.2, 0) is 4.79 Å². The van der Waals surface area contributed by atoms with Gasteiger partial charge in [0.1, 0.15) is 0 Å². The molecule has 0 saturated carbocycles. The maximum atomic E-state index is 11.2. The summed E-state index contributed by atoms with van der Waals surface area (Å²) in [6.07, 6.45) is 0.772. The third kappa shape index (κ3) is 3.72. The Labute approximate surface area is 75.5 Å². The number of hydrogen-bond donors (Lipinski definition) is 1. The zero-order chi connectivity index (χ0) is 8.85. The highest BCUT2D eigenvalue weighted by Crippen LogP contribution is 2.07. The van der Waals surface area contributed by atoms with Crippen LogP contribution in [0.4, 0.5) is 0 Å². The summed E-state index contributed by atoms with van der Waals surface area (Å²) < 4.78 is 0. The van der Waals surface area contributed by atoms with Crippen molar-refractivity contribution in [2.45, 2.75) is 18.2 Å². The number of halogens is 1. The monoisotopic (exact) mass is 223 g/mol. The minimum atomic E-state index is -0.112. The summed E-state index contributed by atoms with van der Waals surface area (Å²) in [7, 11) is 1.68. The van der Waals surface area contributed by atoms with Crippen LogP contribution in [0.2, 0.25) is 0 Å².